The molecule has 0 aliphatic heterocycles. The Morgan fingerprint density at radius 3 is 0.719 bits per heavy atom. The maximum atomic E-state index is 11.8. The Balaban J connectivity index is 1.90. The van der Waals surface area contributed by atoms with Crippen LogP contribution in [0.3, 0.4) is 0 Å². The lowest BCUT2D eigenvalue weighted by Gasteiger charge is -2.29. The predicted octanol–water partition coefficient (Wildman–Crippen LogP) is 6.73. The summed E-state index contributed by atoms with van der Waals surface area (Å²) in [5, 5.41) is 0. The van der Waals surface area contributed by atoms with Crippen LogP contribution in [-0.2, 0) is 0 Å². The van der Waals surface area contributed by atoms with Gasteiger partial charge in [0.2, 0.25) is 0 Å². The molecule has 4 rings (SSSR count). The first-order valence-corrected chi connectivity index (χ1v) is 13.7. The van der Waals surface area contributed by atoms with Crippen molar-refractivity contribution in [3.63, 3.8) is 0 Å². The molecule has 0 aliphatic rings. The van der Waals surface area contributed by atoms with Gasteiger partial charge in [-0.15, -0.1) is 0 Å². The van der Waals surface area contributed by atoms with Crippen LogP contribution in [0.15, 0.2) is 121 Å². The van der Waals surface area contributed by atoms with Crippen LogP contribution in [0.2, 0.25) is 0 Å². The number of hydrogen-bond donors (Lipinski definition) is 2. The molecule has 0 spiro atoms. The van der Waals surface area contributed by atoms with E-state index in [-0.39, 0.29) is 0 Å². The van der Waals surface area contributed by atoms with Crippen molar-refractivity contribution in [2.24, 2.45) is 0 Å². The molecule has 0 saturated heterocycles. The van der Waals surface area contributed by atoms with Gasteiger partial charge >= 0.3 is 14.5 Å². The van der Waals surface area contributed by atoms with E-state index in [2.05, 4.69) is 0 Å². The molecule has 6 nitrogen and oxygen atoms in total. The molecule has 0 unspecified atom stereocenters. The van der Waals surface area contributed by atoms with Gasteiger partial charge in [-0.1, -0.05) is 72.8 Å². The Morgan fingerprint density at radius 2 is 0.531 bits per heavy atom. The molecule has 4 aromatic rings. The van der Waals surface area contributed by atoms with E-state index in [9.17, 15) is 9.79 Å². The highest BCUT2D eigenvalue weighted by Crippen LogP contribution is 2.72. The van der Waals surface area contributed by atoms with E-state index in [4.69, 9.17) is 18.1 Å². The second kappa shape index (κ2) is 9.99. The van der Waals surface area contributed by atoms with E-state index in [0.717, 1.165) is 0 Å². The Labute approximate surface area is 186 Å². The van der Waals surface area contributed by atoms with Crippen LogP contribution in [0.5, 0.6) is 23.0 Å². The van der Waals surface area contributed by atoms with E-state index < -0.39 is 14.5 Å². The zero-order chi connectivity index (χ0) is 22.3. The fourth-order valence-corrected chi connectivity index (χ4v) is 7.16. The topological polar surface area (TPSA) is 77.4 Å². The molecule has 0 atom stereocenters. The second-order valence-electron chi connectivity index (χ2n) is 6.60. The van der Waals surface area contributed by atoms with Gasteiger partial charge in [0.25, 0.3) is 0 Å². The van der Waals surface area contributed by atoms with Crippen molar-refractivity contribution in [3.05, 3.63) is 121 Å². The molecular weight excluding hydrogens is 446 g/mol. The van der Waals surface area contributed by atoms with Gasteiger partial charge in [0.05, 0.1) is 0 Å². The molecule has 164 valence electrons. The van der Waals surface area contributed by atoms with Crippen molar-refractivity contribution in [1.82, 2.24) is 0 Å². The summed E-state index contributed by atoms with van der Waals surface area (Å²) in [4.78, 5) is 23.6. The summed E-state index contributed by atoms with van der Waals surface area (Å²) < 4.78 is 23.6. The molecule has 8 heteroatoms. The minimum absolute atomic E-state index is 0.297. The van der Waals surface area contributed by atoms with Crippen LogP contribution in [0.1, 0.15) is 0 Å². The lowest BCUT2D eigenvalue weighted by atomic mass is 10.3. The highest BCUT2D eigenvalue weighted by Gasteiger charge is 2.44. The lowest BCUT2D eigenvalue weighted by Crippen LogP contribution is -2.10. The highest BCUT2D eigenvalue weighted by atomic mass is 31.9. The standard InChI is InChI=1S/C24H22O6P2/c25-31(27-21-13-5-1-6-14-21,28-22-15-7-2-8-16-22)32(26,29-23-17-9-3-10-18-23)30-24-19-11-4-12-20-24/h1-20,25-26H. The summed E-state index contributed by atoms with van der Waals surface area (Å²) >= 11 is 0. The summed E-state index contributed by atoms with van der Waals surface area (Å²) in [5.41, 5.74) is 0. The van der Waals surface area contributed by atoms with Crippen molar-refractivity contribution in [1.29, 1.82) is 0 Å². The van der Waals surface area contributed by atoms with Gasteiger partial charge in [0, 0.05) is 0 Å². The fraction of sp³-hybridized carbons (Fsp3) is 0. The third kappa shape index (κ3) is 5.37. The third-order valence-electron chi connectivity index (χ3n) is 4.19. The zero-order valence-corrected chi connectivity index (χ0v) is 18.8. The van der Waals surface area contributed by atoms with Crippen molar-refractivity contribution in [2.75, 3.05) is 0 Å². The Kier molecular flexibility index (Phi) is 6.89. The smallest absolute Gasteiger partial charge is 0.418 e. The summed E-state index contributed by atoms with van der Waals surface area (Å²) in [6.45, 7) is 0. The highest BCUT2D eigenvalue weighted by molar-refractivity contribution is 8.07. The van der Waals surface area contributed by atoms with Crippen LogP contribution in [-0.4, -0.2) is 9.79 Å². The van der Waals surface area contributed by atoms with Crippen molar-refractivity contribution < 1.29 is 27.9 Å². The molecule has 4 aromatic carbocycles. The van der Waals surface area contributed by atoms with E-state index in [0.29, 0.717) is 23.0 Å². The largest absolute Gasteiger partial charge is 0.460 e. The summed E-state index contributed by atoms with van der Waals surface area (Å²) in [6.07, 6.45) is 0. The Bertz CT molecular complexity index is 1010. The number of para-hydroxylation sites is 4. The first-order valence-electron chi connectivity index (χ1n) is 9.79. The van der Waals surface area contributed by atoms with E-state index in [1.807, 2.05) is 24.3 Å². The van der Waals surface area contributed by atoms with Gasteiger partial charge in [-0.05, 0) is 48.5 Å². The molecule has 32 heavy (non-hydrogen) atoms. The molecule has 0 saturated carbocycles. The molecular formula is C24H22O6P2. The SMILES string of the molecule is OP(Oc1ccccc1)(Oc1ccccc1)=P(O)(Oc1ccccc1)Oc1ccccc1. The summed E-state index contributed by atoms with van der Waals surface area (Å²) in [5.74, 6) is 1.19. The average Bonchev–Trinajstić information content (AvgIpc) is 2.81. The van der Waals surface area contributed by atoms with E-state index in [1.165, 1.54) is 0 Å². The maximum absolute atomic E-state index is 11.8. The zero-order valence-electron chi connectivity index (χ0n) is 17.0. The van der Waals surface area contributed by atoms with Gasteiger partial charge in [-0.3, -0.25) is 0 Å². The van der Waals surface area contributed by atoms with Gasteiger partial charge in [0.1, 0.15) is 23.0 Å². The molecule has 0 aliphatic carbocycles. The third-order valence-corrected chi connectivity index (χ3v) is 9.52. The predicted molar refractivity (Wildman–Crippen MR) is 127 cm³/mol. The number of hydrogen-bond acceptors (Lipinski definition) is 4. The minimum Gasteiger partial charge on any atom is -0.418 e. The van der Waals surface area contributed by atoms with Gasteiger partial charge in [0.15, 0.2) is 0 Å². The van der Waals surface area contributed by atoms with Crippen LogP contribution in [0.25, 0.3) is 0 Å². The average molecular weight is 468 g/mol. The first kappa shape index (κ1) is 22.1. The second-order valence-corrected chi connectivity index (χ2v) is 12.3. The van der Waals surface area contributed by atoms with Crippen LogP contribution in [0, 0.1) is 0 Å². The normalized spacial score (nSPS) is 11.4. The minimum atomic E-state index is -4.24. The maximum Gasteiger partial charge on any atom is 0.460 e. The molecule has 0 aromatic heterocycles. The van der Waals surface area contributed by atoms with Crippen molar-refractivity contribution in [2.45, 2.75) is 0 Å². The lowest BCUT2D eigenvalue weighted by molar-refractivity contribution is 0.333. The van der Waals surface area contributed by atoms with Crippen LogP contribution >= 0.6 is 14.5 Å². The Hall–Kier alpha value is -3.14. The Morgan fingerprint density at radius 1 is 0.344 bits per heavy atom. The summed E-state index contributed by atoms with van der Waals surface area (Å²) in [7, 11) is -8.49. The first-order chi connectivity index (χ1) is 15.6. The van der Waals surface area contributed by atoms with Gasteiger partial charge in [-0.25, -0.2) is 0 Å². The van der Waals surface area contributed by atoms with Gasteiger partial charge < -0.3 is 27.9 Å². The van der Waals surface area contributed by atoms with E-state index in [1.54, 1.807) is 97.1 Å². The molecule has 0 bridgehead atoms. The number of benzene rings is 4. The molecule has 0 fully saturated rings. The molecule has 2 N–H and O–H groups in total. The quantitative estimate of drug-likeness (QED) is 0.279. The van der Waals surface area contributed by atoms with Crippen LogP contribution < -0.4 is 18.1 Å². The van der Waals surface area contributed by atoms with Gasteiger partial charge in [-0.2, -0.15) is 0 Å². The molecule has 0 amide bonds. The molecule has 0 heterocycles. The fourth-order valence-electron chi connectivity index (χ4n) is 2.72. The monoisotopic (exact) mass is 468 g/mol. The number of rotatable bonds is 8. The van der Waals surface area contributed by atoms with Crippen molar-refractivity contribution >= 4 is 14.5 Å². The van der Waals surface area contributed by atoms with Crippen LogP contribution in [0.4, 0.5) is 0 Å². The molecule has 0 radical (unpaired) electrons. The van der Waals surface area contributed by atoms with E-state index >= 15 is 0 Å². The summed E-state index contributed by atoms with van der Waals surface area (Å²) in [6, 6.07) is 34.4. The van der Waals surface area contributed by atoms with Crippen molar-refractivity contribution in [3.8, 4) is 23.0 Å².